The average molecular weight is 282 g/mol. The van der Waals surface area contributed by atoms with Crippen LogP contribution in [-0.2, 0) is 4.79 Å². The second kappa shape index (κ2) is 9.11. The molecule has 0 aromatic heterocycles. The Bertz CT molecular complexity index is 328. The number of aliphatic carboxylic acids is 1. The highest BCUT2D eigenvalue weighted by atomic mass is 16.4. The second-order valence-corrected chi connectivity index (χ2v) is 5.94. The van der Waals surface area contributed by atoms with E-state index in [1.807, 2.05) is 0 Å². The van der Waals surface area contributed by atoms with Crippen molar-refractivity contribution in [3.8, 4) is 0 Å². The van der Waals surface area contributed by atoms with Gasteiger partial charge in [0.25, 0.3) is 0 Å². The molecule has 0 saturated heterocycles. The van der Waals surface area contributed by atoms with Crippen LogP contribution >= 0.6 is 0 Å². The second-order valence-electron chi connectivity index (χ2n) is 5.94. The van der Waals surface area contributed by atoms with E-state index in [2.05, 4.69) is 18.8 Å². The zero-order valence-electron chi connectivity index (χ0n) is 13.2. The van der Waals surface area contributed by atoms with Crippen molar-refractivity contribution in [1.82, 2.24) is 0 Å². The van der Waals surface area contributed by atoms with Crippen molar-refractivity contribution in [1.29, 1.82) is 0 Å². The van der Waals surface area contributed by atoms with Crippen molar-refractivity contribution < 1.29 is 14.4 Å². The van der Waals surface area contributed by atoms with E-state index in [1.54, 1.807) is 0 Å². The van der Waals surface area contributed by atoms with Gasteiger partial charge >= 0.3 is 0 Å². The molecule has 1 heterocycles. The quantitative estimate of drug-likeness (QED) is 0.430. The molecule has 1 rings (SSSR count). The molecule has 1 unspecified atom stereocenters. The maximum absolute atomic E-state index is 11.0. The zero-order chi connectivity index (χ0) is 14.8. The average Bonchev–Trinajstić information content (AvgIpc) is 2.76. The SMILES string of the molecule is CCCCCCCCC1=NCC[N+]1(CCC)CC(=O)[O-]. The number of carbonyl (C=O) groups excluding carboxylic acids is 1. The van der Waals surface area contributed by atoms with E-state index in [4.69, 9.17) is 0 Å². The Morgan fingerprint density at radius 2 is 1.85 bits per heavy atom. The third kappa shape index (κ3) is 5.23. The van der Waals surface area contributed by atoms with E-state index >= 15 is 0 Å². The van der Waals surface area contributed by atoms with Crippen LogP contribution in [0.5, 0.6) is 0 Å². The van der Waals surface area contributed by atoms with Crippen molar-refractivity contribution in [2.75, 3.05) is 26.2 Å². The summed E-state index contributed by atoms with van der Waals surface area (Å²) >= 11 is 0. The predicted molar refractivity (Wildman–Crippen MR) is 80.5 cm³/mol. The lowest BCUT2D eigenvalue weighted by atomic mass is 10.1. The molecule has 1 atom stereocenters. The Balaban J connectivity index is 2.43. The van der Waals surface area contributed by atoms with Crippen LogP contribution in [0.15, 0.2) is 4.99 Å². The topological polar surface area (TPSA) is 52.5 Å². The molecule has 0 radical (unpaired) electrons. The largest absolute Gasteiger partial charge is 0.544 e. The highest BCUT2D eigenvalue weighted by Crippen LogP contribution is 2.20. The van der Waals surface area contributed by atoms with E-state index in [-0.39, 0.29) is 6.54 Å². The lowest BCUT2D eigenvalue weighted by molar-refractivity contribution is -0.831. The van der Waals surface area contributed by atoms with Crippen LogP contribution in [0, 0.1) is 0 Å². The Kier molecular flexibility index (Phi) is 7.82. The number of amidine groups is 1. The minimum atomic E-state index is -0.948. The minimum Gasteiger partial charge on any atom is -0.544 e. The molecule has 0 spiro atoms. The standard InChI is InChI=1S/C16H30N2O2/c1-3-5-6-7-8-9-10-15-17-11-13-18(15,12-4-2)14-16(19)20/h3-14H2,1-2H3. The van der Waals surface area contributed by atoms with Gasteiger partial charge in [-0.25, -0.2) is 4.99 Å². The van der Waals surface area contributed by atoms with Crippen molar-refractivity contribution in [3.05, 3.63) is 0 Å². The highest BCUT2D eigenvalue weighted by molar-refractivity contribution is 5.79. The number of aliphatic imine (C=N–C) groups is 1. The van der Waals surface area contributed by atoms with Gasteiger partial charge in [-0.15, -0.1) is 0 Å². The number of carboxylic acids is 1. The number of carboxylic acid groups (broad SMARTS) is 1. The summed E-state index contributed by atoms with van der Waals surface area (Å²) in [5.74, 6) is 0.155. The molecule has 1 aliphatic heterocycles. The predicted octanol–water partition coefficient (Wildman–Crippen LogP) is 2.13. The maximum atomic E-state index is 11.0. The van der Waals surface area contributed by atoms with E-state index in [9.17, 15) is 9.90 Å². The van der Waals surface area contributed by atoms with Crippen molar-refractivity contribution in [3.63, 3.8) is 0 Å². The van der Waals surface area contributed by atoms with Gasteiger partial charge in [-0.1, -0.05) is 46.0 Å². The van der Waals surface area contributed by atoms with Crippen LogP contribution in [0.2, 0.25) is 0 Å². The lowest BCUT2D eigenvalue weighted by Crippen LogP contribution is -2.56. The zero-order valence-corrected chi connectivity index (χ0v) is 13.2. The summed E-state index contributed by atoms with van der Waals surface area (Å²) in [6.07, 6.45) is 9.51. The first-order valence-corrected chi connectivity index (χ1v) is 8.24. The number of hydrogen-bond acceptors (Lipinski definition) is 3. The first kappa shape index (κ1) is 17.2. The van der Waals surface area contributed by atoms with Gasteiger partial charge in [-0.05, 0) is 12.8 Å². The van der Waals surface area contributed by atoms with Crippen molar-refractivity contribution >= 4 is 11.8 Å². The fourth-order valence-electron chi connectivity index (χ4n) is 3.19. The van der Waals surface area contributed by atoms with Crippen molar-refractivity contribution in [2.45, 2.75) is 65.2 Å². The summed E-state index contributed by atoms with van der Waals surface area (Å²) < 4.78 is 0.549. The Labute approximate surface area is 123 Å². The lowest BCUT2D eigenvalue weighted by Gasteiger charge is -2.35. The number of rotatable bonds is 11. The summed E-state index contributed by atoms with van der Waals surface area (Å²) in [6, 6.07) is 0. The van der Waals surface area contributed by atoms with Crippen LogP contribution in [0.4, 0.5) is 0 Å². The Morgan fingerprint density at radius 1 is 1.15 bits per heavy atom. The molecule has 0 N–H and O–H groups in total. The van der Waals surface area contributed by atoms with Gasteiger partial charge in [0.2, 0.25) is 0 Å². The number of carbonyl (C=O) groups is 1. The molecular formula is C16H30N2O2. The van der Waals surface area contributed by atoms with E-state index in [1.165, 1.54) is 32.1 Å². The van der Waals surface area contributed by atoms with Crippen LogP contribution in [-0.4, -0.2) is 42.5 Å². The Morgan fingerprint density at radius 3 is 2.50 bits per heavy atom. The number of nitrogens with zero attached hydrogens (tertiary/aromatic N) is 2. The van der Waals surface area contributed by atoms with E-state index < -0.39 is 5.97 Å². The summed E-state index contributed by atoms with van der Waals surface area (Å²) in [6.45, 7) is 6.93. The van der Waals surface area contributed by atoms with Crippen molar-refractivity contribution in [2.24, 2.45) is 4.99 Å². The molecule has 0 aromatic carbocycles. The monoisotopic (exact) mass is 282 g/mol. The molecule has 1 aliphatic rings. The molecule has 0 aliphatic carbocycles. The Hall–Kier alpha value is -0.900. The number of unbranched alkanes of at least 4 members (excludes halogenated alkanes) is 5. The minimum absolute atomic E-state index is 0.0997. The molecule has 0 aromatic rings. The first-order valence-electron chi connectivity index (χ1n) is 8.24. The molecule has 4 heteroatoms. The van der Waals surface area contributed by atoms with Gasteiger partial charge < -0.3 is 9.90 Å². The van der Waals surface area contributed by atoms with Gasteiger partial charge in [0.15, 0.2) is 5.84 Å². The molecule has 0 fully saturated rings. The fraction of sp³-hybridized carbons (Fsp3) is 0.875. The third-order valence-corrected chi connectivity index (χ3v) is 4.21. The van der Waals surface area contributed by atoms with Crippen LogP contribution in [0.1, 0.15) is 65.2 Å². The molecular weight excluding hydrogens is 252 g/mol. The van der Waals surface area contributed by atoms with Crippen LogP contribution in [0.25, 0.3) is 0 Å². The van der Waals surface area contributed by atoms with E-state index in [0.717, 1.165) is 44.7 Å². The van der Waals surface area contributed by atoms with Gasteiger partial charge in [-0.2, -0.15) is 0 Å². The first-order chi connectivity index (χ1) is 9.64. The highest BCUT2D eigenvalue weighted by Gasteiger charge is 2.36. The summed E-state index contributed by atoms with van der Waals surface area (Å²) in [7, 11) is 0. The van der Waals surface area contributed by atoms with Crippen LogP contribution in [0.3, 0.4) is 0 Å². The summed E-state index contributed by atoms with van der Waals surface area (Å²) in [4.78, 5) is 15.6. The van der Waals surface area contributed by atoms with Gasteiger partial charge in [0, 0.05) is 6.42 Å². The molecule has 0 bridgehead atoms. The summed E-state index contributed by atoms with van der Waals surface area (Å²) in [5, 5.41) is 11.0. The molecule has 0 amide bonds. The van der Waals surface area contributed by atoms with Gasteiger partial charge in [-0.3, -0.25) is 4.48 Å². The maximum Gasteiger partial charge on any atom is 0.198 e. The van der Waals surface area contributed by atoms with E-state index in [0.29, 0.717) is 4.48 Å². The molecule has 4 nitrogen and oxygen atoms in total. The summed E-state index contributed by atoms with van der Waals surface area (Å²) in [5.41, 5.74) is 0. The van der Waals surface area contributed by atoms with Gasteiger partial charge in [0.1, 0.15) is 13.1 Å². The normalized spacial score (nSPS) is 22.0. The third-order valence-electron chi connectivity index (χ3n) is 4.21. The van der Waals surface area contributed by atoms with Gasteiger partial charge in [0.05, 0.1) is 19.1 Å². The molecule has 0 saturated carbocycles. The van der Waals surface area contributed by atoms with Crippen LogP contribution < -0.4 is 5.11 Å². The smallest absolute Gasteiger partial charge is 0.198 e. The molecule has 116 valence electrons. The fourth-order valence-corrected chi connectivity index (χ4v) is 3.19. The molecule has 20 heavy (non-hydrogen) atoms. The number of hydrogen-bond donors (Lipinski definition) is 0. The number of quaternary nitrogens is 1.